The molecule has 0 N–H and O–H groups in total. The molecule has 1 aliphatic heterocycles. The summed E-state index contributed by atoms with van der Waals surface area (Å²) < 4.78 is 5.36. The molecular weight excluding hydrogens is 124 g/mol. The van der Waals surface area contributed by atoms with Gasteiger partial charge in [0, 0.05) is 13.2 Å². The van der Waals surface area contributed by atoms with E-state index in [0.717, 1.165) is 31.5 Å². The quantitative estimate of drug-likeness (QED) is 0.534. The minimum Gasteiger partial charge on any atom is -0.381 e. The van der Waals surface area contributed by atoms with Crippen LogP contribution in [0.25, 0.3) is 0 Å². The fraction of sp³-hybridized carbons (Fsp3) is 0.778. The Bertz CT molecular complexity index is 109. The molecule has 0 spiro atoms. The Morgan fingerprint density at radius 2 is 2.50 bits per heavy atom. The molecule has 0 radical (unpaired) electrons. The lowest BCUT2D eigenvalue weighted by molar-refractivity contribution is 0.0240. The normalized spacial score (nSPS) is 33.7. The van der Waals surface area contributed by atoms with Crippen LogP contribution in [0.4, 0.5) is 0 Å². The number of hydrogen-bond donors (Lipinski definition) is 0. The van der Waals surface area contributed by atoms with Gasteiger partial charge in [-0.2, -0.15) is 0 Å². The lowest BCUT2D eigenvalue weighted by atomic mass is 9.88. The van der Waals surface area contributed by atoms with Crippen molar-refractivity contribution in [2.45, 2.75) is 19.8 Å². The van der Waals surface area contributed by atoms with Crippen molar-refractivity contribution < 1.29 is 4.74 Å². The minimum absolute atomic E-state index is 0.728. The second-order valence-electron chi connectivity index (χ2n) is 3.13. The predicted molar refractivity (Wildman–Crippen MR) is 42.9 cm³/mol. The molecule has 0 aromatic carbocycles. The lowest BCUT2D eigenvalue weighted by Gasteiger charge is -2.27. The summed E-state index contributed by atoms with van der Waals surface area (Å²) in [4.78, 5) is 0. The Hall–Kier alpha value is -0.300. The third-order valence-corrected chi connectivity index (χ3v) is 2.32. The van der Waals surface area contributed by atoms with E-state index in [1.165, 1.54) is 6.42 Å². The smallest absolute Gasteiger partial charge is 0.0499 e. The Morgan fingerprint density at radius 1 is 1.70 bits per heavy atom. The first-order valence-electron chi connectivity index (χ1n) is 4.03. The van der Waals surface area contributed by atoms with Gasteiger partial charge in [0.2, 0.25) is 0 Å². The zero-order chi connectivity index (χ0) is 7.40. The van der Waals surface area contributed by atoms with Crippen LogP contribution in [0.5, 0.6) is 0 Å². The van der Waals surface area contributed by atoms with Crippen molar-refractivity contribution in [3.8, 4) is 0 Å². The standard InChI is InChI=1S/C9H16O/c1-3-4-9-7-10-6-5-8(9)2/h3,8-9H,1,4-7H2,2H3/t8-,9+/m0/s1. The molecule has 0 aromatic heterocycles. The van der Waals surface area contributed by atoms with Gasteiger partial charge in [0.15, 0.2) is 0 Å². The minimum atomic E-state index is 0.728. The monoisotopic (exact) mass is 140 g/mol. The topological polar surface area (TPSA) is 9.23 Å². The maximum atomic E-state index is 5.36. The van der Waals surface area contributed by atoms with Gasteiger partial charge in [-0.25, -0.2) is 0 Å². The van der Waals surface area contributed by atoms with E-state index in [0.29, 0.717) is 0 Å². The summed E-state index contributed by atoms with van der Waals surface area (Å²) in [6.07, 6.45) is 4.33. The van der Waals surface area contributed by atoms with E-state index in [1.54, 1.807) is 0 Å². The first-order chi connectivity index (χ1) is 4.84. The lowest BCUT2D eigenvalue weighted by Crippen LogP contribution is -2.24. The first-order valence-corrected chi connectivity index (χ1v) is 4.03. The fourth-order valence-corrected chi connectivity index (χ4v) is 1.42. The molecule has 1 rings (SSSR count). The van der Waals surface area contributed by atoms with E-state index in [1.807, 2.05) is 6.08 Å². The first kappa shape index (κ1) is 7.80. The van der Waals surface area contributed by atoms with E-state index >= 15 is 0 Å². The van der Waals surface area contributed by atoms with E-state index in [4.69, 9.17) is 4.74 Å². The van der Waals surface area contributed by atoms with Crippen LogP contribution >= 0.6 is 0 Å². The molecule has 1 heteroatoms. The van der Waals surface area contributed by atoms with Crippen LogP contribution in [-0.4, -0.2) is 13.2 Å². The van der Waals surface area contributed by atoms with Gasteiger partial charge in [-0.3, -0.25) is 0 Å². The Morgan fingerprint density at radius 3 is 3.10 bits per heavy atom. The van der Waals surface area contributed by atoms with Crippen LogP contribution in [0.3, 0.4) is 0 Å². The number of ether oxygens (including phenoxy) is 1. The summed E-state index contributed by atoms with van der Waals surface area (Å²) in [6.45, 7) is 7.93. The van der Waals surface area contributed by atoms with E-state index in [9.17, 15) is 0 Å². The molecule has 2 atom stereocenters. The SMILES string of the molecule is C=CC[C@@H]1COCC[C@@H]1C. The maximum Gasteiger partial charge on any atom is 0.0499 e. The number of rotatable bonds is 2. The van der Waals surface area contributed by atoms with Crippen molar-refractivity contribution in [1.29, 1.82) is 0 Å². The largest absolute Gasteiger partial charge is 0.381 e. The average molecular weight is 140 g/mol. The Balaban J connectivity index is 2.32. The number of allylic oxidation sites excluding steroid dienone is 1. The average Bonchev–Trinajstić information content (AvgIpc) is 1.94. The fourth-order valence-electron chi connectivity index (χ4n) is 1.42. The Kier molecular flexibility index (Phi) is 2.94. The second kappa shape index (κ2) is 3.77. The van der Waals surface area contributed by atoms with Crippen molar-refractivity contribution >= 4 is 0 Å². The summed E-state index contributed by atoms with van der Waals surface area (Å²) in [6, 6.07) is 0. The van der Waals surface area contributed by atoms with E-state index in [2.05, 4.69) is 13.5 Å². The van der Waals surface area contributed by atoms with Crippen molar-refractivity contribution in [2.75, 3.05) is 13.2 Å². The molecule has 0 amide bonds. The van der Waals surface area contributed by atoms with Crippen LogP contribution in [0.1, 0.15) is 19.8 Å². The summed E-state index contributed by atoms with van der Waals surface area (Å²) in [5.74, 6) is 1.55. The van der Waals surface area contributed by atoms with E-state index < -0.39 is 0 Å². The highest BCUT2D eigenvalue weighted by molar-refractivity contribution is 4.78. The van der Waals surface area contributed by atoms with Crippen molar-refractivity contribution in [3.63, 3.8) is 0 Å². The zero-order valence-corrected chi connectivity index (χ0v) is 6.68. The Labute approximate surface area is 63.1 Å². The molecule has 10 heavy (non-hydrogen) atoms. The van der Waals surface area contributed by atoms with E-state index in [-0.39, 0.29) is 0 Å². The van der Waals surface area contributed by atoms with Gasteiger partial charge in [-0.15, -0.1) is 6.58 Å². The summed E-state index contributed by atoms with van der Waals surface area (Å²) in [5, 5.41) is 0. The van der Waals surface area contributed by atoms with Gasteiger partial charge in [0.25, 0.3) is 0 Å². The summed E-state index contributed by atoms with van der Waals surface area (Å²) in [5.41, 5.74) is 0. The van der Waals surface area contributed by atoms with Gasteiger partial charge in [-0.1, -0.05) is 13.0 Å². The third kappa shape index (κ3) is 1.84. The molecule has 0 saturated carbocycles. The van der Waals surface area contributed by atoms with Crippen LogP contribution < -0.4 is 0 Å². The van der Waals surface area contributed by atoms with Gasteiger partial charge in [0.1, 0.15) is 0 Å². The van der Waals surface area contributed by atoms with Crippen molar-refractivity contribution in [3.05, 3.63) is 12.7 Å². The highest BCUT2D eigenvalue weighted by atomic mass is 16.5. The molecule has 1 saturated heterocycles. The van der Waals surface area contributed by atoms with Crippen molar-refractivity contribution in [1.82, 2.24) is 0 Å². The maximum absolute atomic E-state index is 5.36. The van der Waals surface area contributed by atoms with Crippen LogP contribution in [-0.2, 0) is 4.74 Å². The molecule has 1 aliphatic rings. The zero-order valence-electron chi connectivity index (χ0n) is 6.68. The van der Waals surface area contributed by atoms with Gasteiger partial charge < -0.3 is 4.74 Å². The molecule has 1 heterocycles. The highest BCUT2D eigenvalue weighted by Crippen LogP contribution is 2.23. The predicted octanol–water partition coefficient (Wildman–Crippen LogP) is 2.24. The van der Waals surface area contributed by atoms with Gasteiger partial charge in [0.05, 0.1) is 0 Å². The molecule has 0 unspecified atom stereocenters. The van der Waals surface area contributed by atoms with Crippen LogP contribution in [0.15, 0.2) is 12.7 Å². The summed E-state index contributed by atoms with van der Waals surface area (Å²) in [7, 11) is 0. The number of hydrogen-bond acceptors (Lipinski definition) is 1. The summed E-state index contributed by atoms with van der Waals surface area (Å²) >= 11 is 0. The molecular formula is C9H16O. The second-order valence-corrected chi connectivity index (χ2v) is 3.13. The molecule has 0 aliphatic carbocycles. The molecule has 1 nitrogen and oxygen atoms in total. The van der Waals surface area contributed by atoms with Gasteiger partial charge in [-0.05, 0) is 24.7 Å². The van der Waals surface area contributed by atoms with Crippen LogP contribution in [0.2, 0.25) is 0 Å². The molecule has 0 bridgehead atoms. The highest BCUT2D eigenvalue weighted by Gasteiger charge is 2.19. The van der Waals surface area contributed by atoms with Crippen LogP contribution in [0, 0.1) is 11.8 Å². The molecule has 1 fully saturated rings. The van der Waals surface area contributed by atoms with Gasteiger partial charge >= 0.3 is 0 Å². The third-order valence-electron chi connectivity index (χ3n) is 2.32. The van der Waals surface area contributed by atoms with Crippen molar-refractivity contribution in [2.24, 2.45) is 11.8 Å². The molecule has 0 aromatic rings. The molecule has 58 valence electrons.